The molecule has 0 aliphatic rings. The van der Waals surface area contributed by atoms with E-state index in [1.165, 1.54) is 13.2 Å². The highest BCUT2D eigenvalue weighted by Gasteiger charge is 2.13. The van der Waals surface area contributed by atoms with Crippen molar-refractivity contribution in [1.82, 2.24) is 0 Å². The van der Waals surface area contributed by atoms with Crippen LogP contribution in [-0.4, -0.2) is 46.7 Å². The van der Waals surface area contributed by atoms with Crippen LogP contribution >= 0.6 is 0 Å². The molecule has 5 nitrogen and oxygen atoms in total. The Kier molecular flexibility index (Phi) is 15.0. The second-order valence-corrected chi connectivity index (χ2v) is 6.39. The van der Waals surface area contributed by atoms with Crippen molar-refractivity contribution in [2.75, 3.05) is 7.11 Å². The number of rotatable bonds is 15. The quantitative estimate of drug-likeness (QED) is 0.241. The van der Waals surface area contributed by atoms with Crippen LogP contribution in [-0.2, 0) is 9.53 Å². The summed E-state index contributed by atoms with van der Waals surface area (Å²) in [4.78, 5) is 10.9. The Balaban J connectivity index is 3.67. The number of aliphatic hydroxyl groups excluding tert-OH is 3. The fourth-order valence-corrected chi connectivity index (χ4v) is 2.50. The zero-order valence-electron chi connectivity index (χ0n) is 15.3. The van der Waals surface area contributed by atoms with Crippen LogP contribution in [0.2, 0.25) is 0 Å². The van der Waals surface area contributed by atoms with Gasteiger partial charge in [-0.05, 0) is 19.3 Å². The Morgan fingerprint density at radius 3 is 2.21 bits per heavy atom. The molecule has 3 atom stereocenters. The summed E-state index contributed by atoms with van der Waals surface area (Å²) in [6, 6.07) is 0. The third-order valence-corrected chi connectivity index (χ3v) is 4.14. The fraction of sp³-hybridized carbons (Fsp3) is 0.842. The first-order valence-electron chi connectivity index (χ1n) is 9.30. The van der Waals surface area contributed by atoms with Crippen LogP contribution in [0.15, 0.2) is 12.2 Å². The number of esters is 1. The summed E-state index contributed by atoms with van der Waals surface area (Å²) < 4.78 is 4.58. The predicted molar refractivity (Wildman–Crippen MR) is 95.6 cm³/mol. The number of aliphatic hydroxyl groups is 3. The molecule has 24 heavy (non-hydrogen) atoms. The number of hydrogen-bond donors (Lipinski definition) is 3. The Hall–Kier alpha value is -0.910. The van der Waals surface area contributed by atoms with E-state index in [0.29, 0.717) is 19.3 Å². The summed E-state index contributed by atoms with van der Waals surface area (Å²) in [7, 11) is 1.40. The van der Waals surface area contributed by atoms with Crippen LogP contribution in [0.3, 0.4) is 0 Å². The van der Waals surface area contributed by atoms with Gasteiger partial charge >= 0.3 is 5.97 Å². The molecule has 0 aliphatic carbocycles. The monoisotopic (exact) mass is 344 g/mol. The molecule has 0 bridgehead atoms. The van der Waals surface area contributed by atoms with Crippen LogP contribution < -0.4 is 0 Å². The average molecular weight is 344 g/mol. The van der Waals surface area contributed by atoms with Crippen LogP contribution in [0, 0.1) is 0 Å². The van der Waals surface area contributed by atoms with Gasteiger partial charge in [0.2, 0.25) is 0 Å². The number of carbonyl (C=O) groups is 1. The van der Waals surface area contributed by atoms with Gasteiger partial charge in [0.15, 0.2) is 0 Å². The summed E-state index contributed by atoms with van der Waals surface area (Å²) in [5, 5.41) is 29.5. The lowest BCUT2D eigenvalue weighted by atomic mass is 10.0. The van der Waals surface area contributed by atoms with Crippen LogP contribution in [0.25, 0.3) is 0 Å². The minimum atomic E-state index is -0.926. The van der Waals surface area contributed by atoms with Gasteiger partial charge in [-0.25, -0.2) is 0 Å². The fourth-order valence-electron chi connectivity index (χ4n) is 2.50. The maximum Gasteiger partial charge on any atom is 0.305 e. The van der Waals surface area contributed by atoms with Crippen LogP contribution in [0.5, 0.6) is 0 Å². The van der Waals surface area contributed by atoms with Crippen molar-refractivity contribution in [3.05, 3.63) is 12.2 Å². The molecule has 0 spiro atoms. The van der Waals surface area contributed by atoms with Crippen molar-refractivity contribution in [2.24, 2.45) is 0 Å². The van der Waals surface area contributed by atoms with E-state index in [2.05, 4.69) is 11.7 Å². The summed E-state index contributed by atoms with van der Waals surface area (Å²) in [6.45, 7) is 2.11. The largest absolute Gasteiger partial charge is 0.469 e. The van der Waals surface area contributed by atoms with E-state index in [1.54, 1.807) is 6.08 Å². The average Bonchev–Trinajstić information content (AvgIpc) is 2.58. The molecule has 0 aromatic rings. The second-order valence-electron chi connectivity index (χ2n) is 6.39. The molecule has 0 aromatic heterocycles. The SMILES string of the molecule is CCCCC[C@@H](O)C=C[C@@H](O)[C@@H](O)CCCCCCCC(=O)OC. The van der Waals surface area contributed by atoms with Gasteiger partial charge in [0, 0.05) is 6.42 Å². The summed E-state index contributed by atoms with van der Waals surface area (Å²) in [6.07, 6.45) is 10.3. The van der Waals surface area contributed by atoms with E-state index in [-0.39, 0.29) is 5.97 Å². The lowest BCUT2D eigenvalue weighted by Crippen LogP contribution is -2.24. The van der Waals surface area contributed by atoms with E-state index < -0.39 is 18.3 Å². The van der Waals surface area contributed by atoms with Crippen molar-refractivity contribution in [1.29, 1.82) is 0 Å². The molecule has 0 rings (SSSR count). The molecule has 0 amide bonds. The van der Waals surface area contributed by atoms with Crippen molar-refractivity contribution in [3.8, 4) is 0 Å². The van der Waals surface area contributed by atoms with Gasteiger partial charge in [-0.15, -0.1) is 0 Å². The van der Waals surface area contributed by atoms with E-state index in [1.807, 2.05) is 0 Å². The smallest absolute Gasteiger partial charge is 0.305 e. The molecular weight excluding hydrogens is 308 g/mol. The van der Waals surface area contributed by atoms with Gasteiger partial charge < -0.3 is 20.1 Å². The summed E-state index contributed by atoms with van der Waals surface area (Å²) in [5.41, 5.74) is 0. The Bertz CT molecular complexity index is 330. The Labute approximate surface area is 146 Å². The first-order chi connectivity index (χ1) is 11.5. The number of methoxy groups -OCH3 is 1. The minimum absolute atomic E-state index is 0.169. The summed E-state index contributed by atoms with van der Waals surface area (Å²) in [5.74, 6) is -0.169. The second kappa shape index (κ2) is 15.6. The maximum absolute atomic E-state index is 10.9. The van der Waals surface area contributed by atoms with Gasteiger partial charge in [0.25, 0.3) is 0 Å². The molecule has 0 aromatic carbocycles. The zero-order chi connectivity index (χ0) is 18.2. The van der Waals surface area contributed by atoms with Crippen LogP contribution in [0.1, 0.15) is 77.6 Å². The molecule has 0 saturated carbocycles. The summed E-state index contributed by atoms with van der Waals surface area (Å²) >= 11 is 0. The highest BCUT2D eigenvalue weighted by Crippen LogP contribution is 2.12. The van der Waals surface area contributed by atoms with Gasteiger partial charge in [-0.2, -0.15) is 0 Å². The number of unbranched alkanes of at least 4 members (excludes halogenated alkanes) is 6. The van der Waals surface area contributed by atoms with Gasteiger partial charge in [-0.1, -0.05) is 64.0 Å². The molecule has 0 heterocycles. The van der Waals surface area contributed by atoms with E-state index in [4.69, 9.17) is 0 Å². The molecule has 0 radical (unpaired) electrons. The molecule has 142 valence electrons. The Morgan fingerprint density at radius 1 is 0.917 bits per heavy atom. The van der Waals surface area contributed by atoms with Gasteiger partial charge in [-0.3, -0.25) is 4.79 Å². The predicted octanol–water partition coefficient (Wildman–Crippen LogP) is 3.11. The maximum atomic E-state index is 10.9. The minimum Gasteiger partial charge on any atom is -0.469 e. The molecule has 5 heteroatoms. The molecular formula is C19H36O5. The van der Waals surface area contributed by atoms with Crippen molar-refractivity contribution >= 4 is 5.97 Å². The van der Waals surface area contributed by atoms with E-state index in [0.717, 1.165) is 51.4 Å². The molecule has 0 saturated heterocycles. The van der Waals surface area contributed by atoms with Gasteiger partial charge in [0.05, 0.1) is 25.4 Å². The van der Waals surface area contributed by atoms with Crippen molar-refractivity contribution in [2.45, 2.75) is 95.9 Å². The third kappa shape index (κ3) is 13.5. The molecule has 0 unspecified atom stereocenters. The molecule has 0 aliphatic heterocycles. The normalized spacial score (nSPS) is 15.4. The Morgan fingerprint density at radius 2 is 1.54 bits per heavy atom. The number of ether oxygens (including phenoxy) is 1. The van der Waals surface area contributed by atoms with E-state index in [9.17, 15) is 20.1 Å². The highest BCUT2D eigenvalue weighted by atomic mass is 16.5. The lowest BCUT2D eigenvalue weighted by Gasteiger charge is -2.15. The molecule has 3 N–H and O–H groups in total. The van der Waals surface area contributed by atoms with Crippen LogP contribution in [0.4, 0.5) is 0 Å². The first kappa shape index (κ1) is 23.1. The zero-order valence-corrected chi connectivity index (χ0v) is 15.3. The van der Waals surface area contributed by atoms with Crippen molar-refractivity contribution in [3.63, 3.8) is 0 Å². The standard InChI is InChI=1S/C19H36O5/c1-3-4-8-11-16(20)14-15-18(22)17(21)12-9-6-5-7-10-13-19(23)24-2/h14-18,20-22H,3-13H2,1-2H3/t16-,17+,18-/m1/s1. The number of carbonyl (C=O) groups excluding carboxylic acids is 1. The lowest BCUT2D eigenvalue weighted by molar-refractivity contribution is -0.140. The molecule has 0 fully saturated rings. The highest BCUT2D eigenvalue weighted by molar-refractivity contribution is 5.68. The van der Waals surface area contributed by atoms with E-state index >= 15 is 0 Å². The third-order valence-electron chi connectivity index (χ3n) is 4.14. The first-order valence-corrected chi connectivity index (χ1v) is 9.30. The topological polar surface area (TPSA) is 87.0 Å². The number of hydrogen-bond acceptors (Lipinski definition) is 5. The van der Waals surface area contributed by atoms with Gasteiger partial charge in [0.1, 0.15) is 0 Å². The van der Waals surface area contributed by atoms with Crippen molar-refractivity contribution < 1.29 is 24.9 Å².